The van der Waals surface area contributed by atoms with Crippen LogP contribution in [0.2, 0.25) is 0 Å². The molecule has 20 heavy (non-hydrogen) atoms. The maximum Gasteiger partial charge on any atom is 0.178 e. The number of rotatable bonds is 6. The monoisotopic (exact) mass is 296 g/mol. The van der Waals surface area contributed by atoms with Crippen LogP contribution in [0.15, 0.2) is 29.2 Å². The van der Waals surface area contributed by atoms with Gasteiger partial charge in [-0.2, -0.15) is 0 Å². The zero-order valence-corrected chi connectivity index (χ0v) is 13.1. The van der Waals surface area contributed by atoms with Crippen molar-refractivity contribution in [2.24, 2.45) is 0 Å². The van der Waals surface area contributed by atoms with Crippen molar-refractivity contribution in [2.75, 3.05) is 30.8 Å². The number of sulfone groups is 1. The summed E-state index contributed by atoms with van der Waals surface area (Å²) in [7, 11) is -1.14. The molecule has 1 aromatic carbocycles. The highest BCUT2D eigenvalue weighted by molar-refractivity contribution is 7.91. The molecule has 1 aromatic rings. The summed E-state index contributed by atoms with van der Waals surface area (Å²) in [6.45, 7) is 3.90. The van der Waals surface area contributed by atoms with Crippen molar-refractivity contribution in [3.63, 3.8) is 0 Å². The van der Waals surface area contributed by atoms with Crippen LogP contribution >= 0.6 is 0 Å². The molecular weight excluding hydrogens is 272 g/mol. The van der Waals surface area contributed by atoms with Crippen LogP contribution in [0.3, 0.4) is 0 Å². The molecule has 0 amide bonds. The number of benzene rings is 1. The van der Waals surface area contributed by atoms with E-state index in [9.17, 15) is 8.42 Å². The summed E-state index contributed by atoms with van der Waals surface area (Å²) >= 11 is 0. The Bertz CT molecular complexity index is 525. The second-order valence-corrected chi connectivity index (χ2v) is 7.47. The molecule has 0 aliphatic carbocycles. The summed E-state index contributed by atoms with van der Waals surface area (Å²) in [6, 6.07) is 7.88. The van der Waals surface area contributed by atoms with Crippen LogP contribution in [-0.2, 0) is 9.84 Å². The average Bonchev–Trinajstić information content (AvgIpc) is 2.87. The van der Waals surface area contributed by atoms with Crippen LogP contribution in [-0.4, -0.2) is 40.3 Å². The van der Waals surface area contributed by atoms with Gasteiger partial charge >= 0.3 is 0 Å². The first kappa shape index (κ1) is 15.3. The molecule has 0 aromatic heterocycles. The summed E-state index contributed by atoms with van der Waals surface area (Å²) in [5.74, 6) is 0.221. The fourth-order valence-electron chi connectivity index (χ4n) is 2.85. The van der Waals surface area contributed by atoms with Crippen molar-refractivity contribution in [2.45, 2.75) is 37.1 Å². The Kier molecular flexibility index (Phi) is 5.05. The lowest BCUT2D eigenvalue weighted by Gasteiger charge is -2.26. The van der Waals surface area contributed by atoms with Gasteiger partial charge in [-0.1, -0.05) is 6.92 Å². The van der Waals surface area contributed by atoms with Gasteiger partial charge in [0.1, 0.15) is 0 Å². The maximum atomic E-state index is 12.0. The molecule has 1 fully saturated rings. The fraction of sp³-hybridized carbons (Fsp3) is 0.600. The molecule has 0 radical (unpaired) electrons. The van der Waals surface area contributed by atoms with Crippen molar-refractivity contribution >= 4 is 15.5 Å². The molecular formula is C15H24N2O2S. The lowest BCUT2D eigenvalue weighted by atomic mass is 10.2. The Morgan fingerprint density at radius 3 is 2.60 bits per heavy atom. The van der Waals surface area contributed by atoms with Gasteiger partial charge in [-0.3, -0.25) is 0 Å². The molecule has 0 spiro atoms. The third-order valence-corrected chi connectivity index (χ3v) is 5.75. The lowest BCUT2D eigenvalue weighted by molar-refractivity contribution is 0.594. The summed E-state index contributed by atoms with van der Waals surface area (Å²) in [5.41, 5.74) is 1.12. The first-order valence-corrected chi connectivity index (χ1v) is 8.97. The largest absolute Gasteiger partial charge is 0.367 e. The number of likely N-dealkylation sites (N-methyl/N-ethyl adjacent to an activating group) is 1. The molecule has 1 aliphatic rings. The Labute approximate surface area is 122 Å². The Morgan fingerprint density at radius 1 is 1.30 bits per heavy atom. The second kappa shape index (κ2) is 6.59. The molecule has 1 saturated heterocycles. The molecule has 2 rings (SSSR count). The number of nitrogens with zero attached hydrogens (tertiary/aromatic N) is 1. The van der Waals surface area contributed by atoms with Crippen LogP contribution < -0.4 is 10.2 Å². The van der Waals surface area contributed by atoms with E-state index in [0.29, 0.717) is 17.4 Å². The summed E-state index contributed by atoms with van der Waals surface area (Å²) in [5, 5.41) is 3.22. The third kappa shape index (κ3) is 3.33. The summed E-state index contributed by atoms with van der Waals surface area (Å²) in [4.78, 5) is 2.81. The van der Waals surface area contributed by atoms with E-state index in [1.807, 2.05) is 26.1 Å². The zero-order chi connectivity index (χ0) is 14.6. The summed E-state index contributed by atoms with van der Waals surface area (Å²) < 4.78 is 24.0. The molecule has 5 heteroatoms. The van der Waals surface area contributed by atoms with E-state index in [2.05, 4.69) is 10.2 Å². The van der Waals surface area contributed by atoms with E-state index in [4.69, 9.17) is 0 Å². The number of hydrogen-bond acceptors (Lipinski definition) is 4. The standard InChI is InChI=1S/C15H24N2O2S/c1-3-11-20(18,19)15-8-6-13(7-9-15)17-10-4-5-14(17)12-16-2/h6-9,14,16H,3-5,10-12H2,1-2H3. The quantitative estimate of drug-likeness (QED) is 0.873. The van der Waals surface area contributed by atoms with E-state index >= 15 is 0 Å². The van der Waals surface area contributed by atoms with Gasteiger partial charge in [0, 0.05) is 24.8 Å². The predicted molar refractivity (Wildman–Crippen MR) is 83.1 cm³/mol. The topological polar surface area (TPSA) is 49.4 Å². The Morgan fingerprint density at radius 2 is 2.00 bits per heavy atom. The smallest absolute Gasteiger partial charge is 0.178 e. The molecule has 4 nitrogen and oxygen atoms in total. The lowest BCUT2D eigenvalue weighted by Crippen LogP contribution is -2.36. The zero-order valence-electron chi connectivity index (χ0n) is 12.3. The van der Waals surface area contributed by atoms with Gasteiger partial charge in [-0.25, -0.2) is 8.42 Å². The minimum atomic E-state index is -3.11. The predicted octanol–water partition coefficient (Wildman–Crippen LogP) is 2.06. The van der Waals surface area contributed by atoms with Crippen LogP contribution in [0.4, 0.5) is 5.69 Å². The molecule has 1 unspecified atom stereocenters. The van der Waals surface area contributed by atoms with Crippen molar-refractivity contribution in [1.82, 2.24) is 5.32 Å². The van der Waals surface area contributed by atoms with Gasteiger partial charge in [0.25, 0.3) is 0 Å². The van der Waals surface area contributed by atoms with Crippen molar-refractivity contribution in [1.29, 1.82) is 0 Å². The molecule has 1 aliphatic heterocycles. The number of hydrogen-bond donors (Lipinski definition) is 1. The van der Waals surface area contributed by atoms with Crippen LogP contribution in [0.1, 0.15) is 26.2 Å². The van der Waals surface area contributed by atoms with Gasteiger partial charge < -0.3 is 10.2 Å². The normalized spacial score (nSPS) is 19.5. The number of anilines is 1. The van der Waals surface area contributed by atoms with Gasteiger partial charge in [0.15, 0.2) is 9.84 Å². The van der Waals surface area contributed by atoms with Crippen molar-refractivity contribution in [3.05, 3.63) is 24.3 Å². The minimum Gasteiger partial charge on any atom is -0.367 e. The molecule has 112 valence electrons. The van der Waals surface area contributed by atoms with Gasteiger partial charge in [0.05, 0.1) is 10.6 Å². The van der Waals surface area contributed by atoms with Crippen LogP contribution in [0.5, 0.6) is 0 Å². The van der Waals surface area contributed by atoms with Gasteiger partial charge in [-0.15, -0.1) is 0 Å². The fourth-order valence-corrected chi connectivity index (χ4v) is 4.18. The SMILES string of the molecule is CCCS(=O)(=O)c1ccc(N2CCCC2CNC)cc1. The minimum absolute atomic E-state index is 0.221. The first-order chi connectivity index (χ1) is 9.58. The van der Waals surface area contributed by atoms with E-state index in [1.54, 1.807) is 12.1 Å². The number of nitrogens with one attached hydrogen (secondary N) is 1. The van der Waals surface area contributed by atoms with Crippen LogP contribution in [0, 0.1) is 0 Å². The Balaban J connectivity index is 2.16. The van der Waals surface area contributed by atoms with Crippen molar-refractivity contribution in [3.8, 4) is 0 Å². The highest BCUT2D eigenvalue weighted by atomic mass is 32.2. The molecule has 1 heterocycles. The van der Waals surface area contributed by atoms with E-state index < -0.39 is 9.84 Å². The molecule has 1 N–H and O–H groups in total. The molecule has 0 saturated carbocycles. The van der Waals surface area contributed by atoms with Crippen LogP contribution in [0.25, 0.3) is 0 Å². The van der Waals surface area contributed by atoms with E-state index in [1.165, 1.54) is 12.8 Å². The van der Waals surface area contributed by atoms with Gasteiger partial charge in [-0.05, 0) is 50.6 Å². The average molecular weight is 296 g/mol. The van der Waals surface area contributed by atoms with Crippen molar-refractivity contribution < 1.29 is 8.42 Å². The Hall–Kier alpha value is -1.07. The highest BCUT2D eigenvalue weighted by Crippen LogP contribution is 2.26. The summed E-state index contributed by atoms with van der Waals surface area (Å²) in [6.07, 6.45) is 3.04. The third-order valence-electron chi connectivity index (χ3n) is 3.82. The molecule has 1 atom stereocenters. The van der Waals surface area contributed by atoms with E-state index in [0.717, 1.165) is 18.8 Å². The second-order valence-electron chi connectivity index (χ2n) is 5.36. The van der Waals surface area contributed by atoms with Gasteiger partial charge in [0.2, 0.25) is 0 Å². The molecule has 0 bridgehead atoms. The van der Waals surface area contributed by atoms with E-state index in [-0.39, 0.29) is 5.75 Å². The maximum absolute atomic E-state index is 12.0. The first-order valence-electron chi connectivity index (χ1n) is 7.32. The highest BCUT2D eigenvalue weighted by Gasteiger charge is 2.24.